The van der Waals surface area contributed by atoms with Gasteiger partial charge in [-0.2, -0.15) is 0 Å². The van der Waals surface area contributed by atoms with E-state index in [-0.39, 0.29) is 86.1 Å². The minimum absolute atomic E-state index is 0. The molecule has 0 heterocycles. The summed E-state index contributed by atoms with van der Waals surface area (Å²) in [6.07, 6.45) is -10.1. The van der Waals surface area contributed by atoms with Crippen LogP contribution in [0, 0.1) is 0 Å². The molecule has 0 aromatic carbocycles. The Balaban J connectivity index is -0.000000121. The first-order valence-corrected chi connectivity index (χ1v) is 24.9. The largest absolute Gasteiger partial charge is 0.810 e. The molecule has 0 rings (SSSR count). The molecule has 0 saturated heterocycles. The first-order chi connectivity index (χ1) is 21.1. The molecule has 0 bridgehead atoms. The van der Waals surface area contributed by atoms with Gasteiger partial charge >= 0.3 is 0 Å². The highest BCUT2D eigenvalue weighted by atomic mass is 31.2. The molecular formula is C15H86N19O21P7. The summed E-state index contributed by atoms with van der Waals surface area (Å²) in [5.41, 5.74) is 0. The molecule has 0 spiro atoms. The highest BCUT2D eigenvalue weighted by molar-refractivity contribution is 7.50. The lowest BCUT2D eigenvalue weighted by Gasteiger charge is -2.43. The maximum absolute atomic E-state index is 11.5. The van der Waals surface area contributed by atoms with Crippen molar-refractivity contribution in [1.29, 1.82) is 0 Å². The molecule has 0 saturated carbocycles. The van der Waals surface area contributed by atoms with Gasteiger partial charge in [0.1, 0.15) is 0 Å². The van der Waals surface area contributed by atoms with Gasteiger partial charge in [0.25, 0.3) is 0 Å². The summed E-state index contributed by atoms with van der Waals surface area (Å²) in [7, 11) is -38.3. The third-order valence-corrected chi connectivity index (χ3v) is 10.8. The van der Waals surface area contributed by atoms with Gasteiger partial charge in [0.05, 0.1) is 0 Å². The summed E-state index contributed by atoms with van der Waals surface area (Å²) >= 11 is 0. The Kier molecular flexibility index (Phi) is 71.9. The molecule has 402 valence electrons. The van der Waals surface area contributed by atoms with E-state index in [4.69, 9.17) is 0 Å². The second kappa shape index (κ2) is 42.6. The van der Waals surface area contributed by atoms with Crippen LogP contribution in [0.15, 0.2) is 0 Å². The predicted octanol–water partition coefficient (Wildman–Crippen LogP) is -7.14. The number of rotatable bonds is 26. The first kappa shape index (κ1) is 105. The van der Waals surface area contributed by atoms with Crippen LogP contribution in [-0.2, 0) is 32.0 Å². The van der Waals surface area contributed by atoms with Gasteiger partial charge in [0.2, 0.25) is 0 Å². The summed E-state index contributed by atoms with van der Waals surface area (Å²) < 4.78 is 78.8. The van der Waals surface area contributed by atoms with Crippen molar-refractivity contribution < 1.29 is 100 Å². The molecule has 47 heteroatoms. The van der Waals surface area contributed by atoms with Crippen LogP contribution in [0.5, 0.6) is 0 Å². The van der Waals surface area contributed by atoms with Crippen LogP contribution in [-0.4, -0.2) is 121 Å². The van der Waals surface area contributed by atoms with E-state index in [2.05, 4.69) is 0 Å². The van der Waals surface area contributed by atoms with Crippen LogP contribution in [0.4, 0.5) is 0 Å². The second-order valence-electron chi connectivity index (χ2n) is 10.4. The van der Waals surface area contributed by atoms with E-state index >= 15 is 0 Å². The summed E-state index contributed by atoms with van der Waals surface area (Å²) in [5, 5.41) is 0. The molecule has 0 aromatic heterocycles. The van der Waals surface area contributed by atoms with Crippen molar-refractivity contribution in [1.82, 2.24) is 111 Å². The zero-order chi connectivity index (χ0) is 38.0. The van der Waals surface area contributed by atoms with Crippen molar-refractivity contribution in [2.24, 2.45) is 0 Å². The second-order valence-corrected chi connectivity index (χ2v) is 20.9. The maximum atomic E-state index is 11.5. The Morgan fingerprint density at radius 2 is 0.274 bits per heavy atom. The maximum Gasteiger partial charge on any atom is 0.0264 e. The van der Waals surface area contributed by atoms with Gasteiger partial charge in [-0.1, -0.05) is 53.2 Å². The number of hydrogen-bond donors (Lipinski definition) is 14. The lowest BCUT2D eigenvalue weighted by atomic mass is 10.4. The number of hydrogen-bond acceptors (Lipinski definition) is 26. The minimum atomic E-state index is -5.47. The van der Waals surface area contributed by atoms with Gasteiger partial charge in [-0.25, -0.2) is 0 Å². The molecule has 0 amide bonds. The van der Waals surface area contributed by atoms with Crippen molar-refractivity contribution in [2.45, 2.75) is 0 Å². The van der Waals surface area contributed by atoms with E-state index in [1.54, 1.807) is 0 Å². The van der Waals surface area contributed by atoms with E-state index in [1.807, 2.05) is 0 Å². The SMILES string of the molecule is O=P([O-])([O-])CN(CCN(CCN(CP(=O)([O-])[O-])CP(=O)([O-])[O-])CP(=O)([O-])[O-])CCN(CCN(CP(=O)([O-])[O-])CP(=O)([O-])[O-])CP(=O)([O-])[O-].[NH4+].[NH4+].[NH4+].[NH4+].[NH4+].[NH4+].[NH4+].[NH4+].[NH4+].[NH4+].[NH4+].[NH4+].[NH4+].[NH4+]. The van der Waals surface area contributed by atoms with Crippen LogP contribution in [0.3, 0.4) is 0 Å². The zero-order valence-corrected chi connectivity index (χ0v) is 44.8. The monoisotopic (exact) mass is 1090 g/mol. The van der Waals surface area contributed by atoms with Crippen LogP contribution in [0.1, 0.15) is 0 Å². The van der Waals surface area contributed by atoms with Crippen molar-refractivity contribution in [3.8, 4) is 0 Å². The zero-order valence-electron chi connectivity index (χ0n) is 38.5. The normalized spacial score (nSPS) is 11.4. The average Bonchev–Trinajstić information content (AvgIpc) is 2.75. The molecule has 0 aliphatic rings. The van der Waals surface area contributed by atoms with Crippen molar-refractivity contribution in [2.75, 3.05) is 96.4 Å². The van der Waals surface area contributed by atoms with Crippen molar-refractivity contribution in [3.05, 3.63) is 0 Å². The fourth-order valence-corrected chi connectivity index (χ4v) is 9.54. The fraction of sp³-hybridized carbons (Fsp3) is 1.00. The van der Waals surface area contributed by atoms with Gasteiger partial charge < -0.3 is 187 Å². The third-order valence-electron chi connectivity index (χ3n) is 5.54. The Bertz CT molecular complexity index is 1230. The van der Waals surface area contributed by atoms with E-state index in [0.717, 1.165) is 4.90 Å². The highest BCUT2D eigenvalue weighted by Gasteiger charge is 2.18. The van der Waals surface area contributed by atoms with E-state index in [0.29, 0.717) is 19.6 Å². The van der Waals surface area contributed by atoms with Crippen LogP contribution in [0.2, 0.25) is 0 Å². The van der Waals surface area contributed by atoms with Gasteiger partial charge in [-0.3, -0.25) is 24.5 Å². The Labute approximate surface area is 360 Å². The summed E-state index contributed by atoms with van der Waals surface area (Å²) in [6.45, 7) is -5.71. The number of quaternary nitrogens is 14. The minimum Gasteiger partial charge on any atom is -0.810 e. The highest BCUT2D eigenvalue weighted by Crippen LogP contribution is 2.33. The van der Waals surface area contributed by atoms with Crippen LogP contribution < -0.4 is 155 Å². The summed E-state index contributed by atoms with van der Waals surface area (Å²) in [4.78, 5) is 160. The lowest BCUT2D eigenvalue weighted by molar-refractivity contribution is -0.321. The third kappa shape index (κ3) is 69.3. The molecule has 0 aliphatic carbocycles. The molecule has 40 nitrogen and oxygen atoms in total. The molecule has 62 heavy (non-hydrogen) atoms. The van der Waals surface area contributed by atoms with Crippen LogP contribution in [0.25, 0.3) is 0 Å². The first-order valence-electron chi connectivity index (χ1n) is 12.8. The molecule has 0 unspecified atom stereocenters. The van der Waals surface area contributed by atoms with Gasteiger partial charge in [0.15, 0.2) is 0 Å². The van der Waals surface area contributed by atoms with Crippen LogP contribution >= 0.6 is 53.2 Å². The molecule has 0 aromatic rings. The molecule has 0 atom stereocenters. The van der Waals surface area contributed by atoms with Gasteiger partial charge in [-0.15, -0.1) is 0 Å². The van der Waals surface area contributed by atoms with Gasteiger partial charge in [-0.05, 0) is 0 Å². The summed E-state index contributed by atoms with van der Waals surface area (Å²) in [5.74, 6) is 0. The molecular weight excluding hydrogens is 999 g/mol. The standard InChI is InChI=1S/C15H44N5O21P7.14H3N/c21-42(22,23)9-16(1-3-17(10-43(24,25)26)5-7-19(12-45(30,31)32)13-46(33,34)35)2-4-18(11-44(27,28)29)6-8-20(14-47(36,37)38)15-48(39,40)41;;;;;;;;;;;;;;/h1-15H2,(H2,21,22,23)(H2,24,25,26)(H2,27,28,29)(H2,30,31,32)(H2,33,34,35)(H2,36,37,38)(H2,39,40,41);14*1H3. The Morgan fingerprint density at radius 3 is 0.371 bits per heavy atom. The topological polar surface area (TPSA) is 970 Å². The van der Waals surface area contributed by atoms with E-state index < -0.39 is 150 Å². The van der Waals surface area contributed by atoms with E-state index in [9.17, 15) is 100 Å². The average molecular weight is 1090 g/mol. The molecule has 0 fully saturated rings. The summed E-state index contributed by atoms with van der Waals surface area (Å²) in [6, 6.07) is 0. The van der Waals surface area contributed by atoms with E-state index in [1.165, 1.54) is 0 Å². The number of nitrogens with zero attached hydrogens (tertiary/aromatic N) is 5. The molecule has 56 N–H and O–H groups in total. The van der Waals surface area contributed by atoms with Crippen molar-refractivity contribution >= 4 is 53.2 Å². The Hall–Kier alpha value is 0.290. The molecule has 0 radical (unpaired) electrons. The molecule has 0 aliphatic heterocycles. The smallest absolute Gasteiger partial charge is 0.0264 e. The predicted molar refractivity (Wildman–Crippen MR) is 219 cm³/mol. The van der Waals surface area contributed by atoms with Gasteiger partial charge in [0, 0.05) is 96.4 Å². The Morgan fingerprint density at radius 1 is 0.194 bits per heavy atom. The lowest BCUT2D eigenvalue weighted by Crippen LogP contribution is -2.47. The fourth-order valence-electron chi connectivity index (χ4n) is 3.98. The van der Waals surface area contributed by atoms with Crippen molar-refractivity contribution in [3.63, 3.8) is 0 Å². The quantitative estimate of drug-likeness (QED) is 0.0358.